The molecule has 1 aromatic carbocycles. The van der Waals surface area contributed by atoms with E-state index in [0.29, 0.717) is 11.3 Å². The molecule has 5 nitrogen and oxygen atoms in total. The van der Waals surface area contributed by atoms with Gasteiger partial charge in [-0.15, -0.1) is 0 Å². The average Bonchev–Trinajstić information content (AvgIpc) is 2.92. The Morgan fingerprint density at radius 3 is 2.55 bits per heavy atom. The van der Waals surface area contributed by atoms with Gasteiger partial charge in [0.1, 0.15) is 5.75 Å². The zero-order chi connectivity index (χ0) is 14.4. The minimum Gasteiger partial charge on any atom is -0.493 e. The van der Waals surface area contributed by atoms with Gasteiger partial charge in [0.25, 0.3) is 0 Å². The molecular formula is C14H14N2O3S. The number of hydrogen-bond donors (Lipinski definition) is 2. The number of anilines is 1. The van der Waals surface area contributed by atoms with Crippen LogP contribution in [0, 0.1) is 0 Å². The third kappa shape index (κ3) is 4.10. The van der Waals surface area contributed by atoms with Crippen LogP contribution in [-0.4, -0.2) is 18.4 Å². The lowest BCUT2D eigenvalue weighted by Gasteiger charge is -2.06. The van der Waals surface area contributed by atoms with Crippen molar-refractivity contribution in [2.75, 3.05) is 11.9 Å². The van der Waals surface area contributed by atoms with Crippen molar-refractivity contribution in [3.8, 4) is 5.75 Å². The van der Waals surface area contributed by atoms with E-state index in [0.717, 1.165) is 5.69 Å². The van der Waals surface area contributed by atoms with Crippen LogP contribution in [-0.2, 0) is 4.79 Å². The Labute approximate surface area is 120 Å². The summed E-state index contributed by atoms with van der Waals surface area (Å²) in [6, 6.07) is 8.31. The summed E-state index contributed by atoms with van der Waals surface area (Å²) in [5.74, 6) is 0.0159. The highest BCUT2D eigenvalue weighted by Gasteiger charge is 2.04. The minimum absolute atomic E-state index is 0.0999. The second-order valence-corrected chi connectivity index (χ2v) is 4.83. The van der Waals surface area contributed by atoms with Gasteiger partial charge in [0.05, 0.1) is 18.7 Å². The summed E-state index contributed by atoms with van der Waals surface area (Å²) in [5.41, 5.74) is 6.36. The average molecular weight is 290 g/mol. The third-order valence-corrected chi connectivity index (χ3v) is 3.22. The molecule has 0 fully saturated rings. The molecule has 0 unspecified atom stereocenters. The number of nitrogens with two attached hydrogens (primary N) is 1. The highest BCUT2D eigenvalue weighted by molar-refractivity contribution is 7.08. The maximum absolute atomic E-state index is 11.6. The maximum Gasteiger partial charge on any atom is 0.248 e. The lowest BCUT2D eigenvalue weighted by Crippen LogP contribution is -2.14. The van der Waals surface area contributed by atoms with E-state index in [1.165, 1.54) is 11.3 Å². The first-order chi connectivity index (χ1) is 9.65. The van der Waals surface area contributed by atoms with Crippen LogP contribution in [0.2, 0.25) is 0 Å². The summed E-state index contributed by atoms with van der Waals surface area (Å²) in [5, 5.41) is 6.52. The number of benzene rings is 1. The predicted molar refractivity (Wildman–Crippen MR) is 78.0 cm³/mol. The molecule has 0 saturated carbocycles. The van der Waals surface area contributed by atoms with Crippen LogP contribution in [0.5, 0.6) is 5.75 Å². The van der Waals surface area contributed by atoms with E-state index >= 15 is 0 Å². The maximum atomic E-state index is 11.6. The first-order valence-corrected chi connectivity index (χ1v) is 6.94. The van der Waals surface area contributed by atoms with E-state index in [4.69, 9.17) is 10.5 Å². The predicted octanol–water partition coefficient (Wildman–Crippen LogP) is 2.25. The molecule has 0 bridgehead atoms. The first kappa shape index (κ1) is 14.1. The molecule has 1 heterocycles. The number of primary amides is 1. The van der Waals surface area contributed by atoms with Crippen LogP contribution in [0.1, 0.15) is 16.8 Å². The summed E-state index contributed by atoms with van der Waals surface area (Å²) in [7, 11) is 0. The molecule has 1 aromatic heterocycles. The molecular weight excluding hydrogens is 276 g/mol. The number of rotatable bonds is 6. The van der Waals surface area contributed by atoms with Gasteiger partial charge in [-0.3, -0.25) is 9.59 Å². The van der Waals surface area contributed by atoms with Crippen LogP contribution in [0.25, 0.3) is 0 Å². The van der Waals surface area contributed by atoms with Crippen molar-refractivity contribution < 1.29 is 14.3 Å². The number of ether oxygens (including phenoxy) is 1. The van der Waals surface area contributed by atoms with E-state index in [1.807, 2.05) is 16.8 Å². The molecule has 0 aliphatic rings. The molecule has 0 atom stereocenters. The van der Waals surface area contributed by atoms with Crippen LogP contribution >= 0.6 is 11.3 Å². The van der Waals surface area contributed by atoms with Crippen molar-refractivity contribution >= 4 is 28.8 Å². The SMILES string of the molecule is NC(=O)c1ccc(OCCC(=O)Nc2ccsc2)cc1. The largest absolute Gasteiger partial charge is 0.493 e. The lowest BCUT2D eigenvalue weighted by atomic mass is 10.2. The van der Waals surface area contributed by atoms with Gasteiger partial charge in [-0.05, 0) is 35.7 Å². The molecule has 2 amide bonds. The minimum atomic E-state index is -0.480. The Kier molecular flexibility index (Phi) is 4.73. The molecule has 0 radical (unpaired) electrons. The Bertz CT molecular complexity index is 579. The standard InChI is InChI=1S/C14H14N2O3S/c15-14(18)10-1-3-12(4-2-10)19-7-5-13(17)16-11-6-8-20-9-11/h1-4,6,8-9H,5,7H2,(H2,15,18)(H,16,17). The van der Waals surface area contributed by atoms with Crippen LogP contribution in [0.4, 0.5) is 5.69 Å². The van der Waals surface area contributed by atoms with E-state index < -0.39 is 5.91 Å². The lowest BCUT2D eigenvalue weighted by molar-refractivity contribution is -0.116. The monoisotopic (exact) mass is 290 g/mol. The fraction of sp³-hybridized carbons (Fsp3) is 0.143. The van der Waals surface area contributed by atoms with Crippen molar-refractivity contribution in [1.82, 2.24) is 0 Å². The molecule has 3 N–H and O–H groups in total. The Hall–Kier alpha value is -2.34. The number of carbonyl (C=O) groups excluding carboxylic acids is 2. The number of thiophene rings is 1. The van der Waals surface area contributed by atoms with E-state index in [2.05, 4.69) is 5.32 Å². The third-order valence-electron chi connectivity index (χ3n) is 2.54. The molecule has 0 aliphatic carbocycles. The summed E-state index contributed by atoms with van der Waals surface area (Å²) < 4.78 is 5.42. The quantitative estimate of drug-likeness (QED) is 0.856. The van der Waals surface area contributed by atoms with Gasteiger partial charge in [0.2, 0.25) is 11.8 Å². The van der Waals surface area contributed by atoms with E-state index in [1.54, 1.807) is 24.3 Å². The Morgan fingerprint density at radius 2 is 1.95 bits per heavy atom. The van der Waals surface area contributed by atoms with Crippen molar-refractivity contribution in [3.05, 3.63) is 46.7 Å². The molecule has 2 aromatic rings. The van der Waals surface area contributed by atoms with Gasteiger partial charge in [0.15, 0.2) is 0 Å². The van der Waals surface area contributed by atoms with Gasteiger partial charge in [-0.2, -0.15) is 11.3 Å². The second kappa shape index (κ2) is 6.72. The molecule has 0 spiro atoms. The Morgan fingerprint density at radius 1 is 1.20 bits per heavy atom. The summed E-state index contributed by atoms with van der Waals surface area (Å²) >= 11 is 1.52. The highest BCUT2D eigenvalue weighted by Crippen LogP contribution is 2.13. The van der Waals surface area contributed by atoms with Gasteiger partial charge < -0.3 is 15.8 Å². The molecule has 20 heavy (non-hydrogen) atoms. The van der Waals surface area contributed by atoms with Crippen LogP contribution in [0.3, 0.4) is 0 Å². The van der Waals surface area contributed by atoms with Gasteiger partial charge in [-0.1, -0.05) is 0 Å². The van der Waals surface area contributed by atoms with Crippen molar-refractivity contribution in [1.29, 1.82) is 0 Å². The van der Waals surface area contributed by atoms with Gasteiger partial charge in [-0.25, -0.2) is 0 Å². The topological polar surface area (TPSA) is 81.4 Å². The summed E-state index contributed by atoms with van der Waals surface area (Å²) in [4.78, 5) is 22.5. The van der Waals surface area contributed by atoms with Gasteiger partial charge >= 0.3 is 0 Å². The zero-order valence-electron chi connectivity index (χ0n) is 10.7. The fourth-order valence-corrected chi connectivity index (χ4v) is 2.12. The zero-order valence-corrected chi connectivity index (χ0v) is 11.5. The summed E-state index contributed by atoms with van der Waals surface area (Å²) in [6.07, 6.45) is 0.257. The van der Waals surface area contributed by atoms with Crippen LogP contribution in [0.15, 0.2) is 41.1 Å². The van der Waals surface area contributed by atoms with Crippen molar-refractivity contribution in [3.63, 3.8) is 0 Å². The highest BCUT2D eigenvalue weighted by atomic mass is 32.1. The Balaban J connectivity index is 1.75. The summed E-state index contributed by atoms with van der Waals surface area (Å²) in [6.45, 7) is 0.270. The molecule has 104 valence electrons. The fourth-order valence-electron chi connectivity index (χ4n) is 1.54. The van der Waals surface area contributed by atoms with Gasteiger partial charge in [0, 0.05) is 10.9 Å². The molecule has 0 aliphatic heterocycles. The van der Waals surface area contributed by atoms with E-state index in [9.17, 15) is 9.59 Å². The normalized spacial score (nSPS) is 10.0. The molecule has 0 saturated heterocycles. The van der Waals surface area contributed by atoms with E-state index in [-0.39, 0.29) is 18.9 Å². The smallest absolute Gasteiger partial charge is 0.248 e. The number of nitrogens with one attached hydrogen (secondary N) is 1. The van der Waals surface area contributed by atoms with Crippen LogP contribution < -0.4 is 15.8 Å². The number of carbonyl (C=O) groups is 2. The number of hydrogen-bond acceptors (Lipinski definition) is 4. The second-order valence-electron chi connectivity index (χ2n) is 4.05. The molecule has 6 heteroatoms. The number of amides is 2. The first-order valence-electron chi connectivity index (χ1n) is 6.00. The molecule has 2 rings (SSSR count). The van der Waals surface area contributed by atoms with Crippen molar-refractivity contribution in [2.45, 2.75) is 6.42 Å². The van der Waals surface area contributed by atoms with Crippen molar-refractivity contribution in [2.24, 2.45) is 5.73 Å².